The molecule has 0 aliphatic rings. The van der Waals surface area contributed by atoms with E-state index in [0.29, 0.717) is 17.2 Å². The van der Waals surface area contributed by atoms with Gasteiger partial charge in [-0.2, -0.15) is 5.10 Å². The highest BCUT2D eigenvalue weighted by Crippen LogP contribution is 2.31. The average Bonchev–Trinajstić information content (AvgIpc) is 3.50. The second-order valence-electron chi connectivity index (χ2n) is 7.29. The number of aromatic amines is 2. The Morgan fingerprint density at radius 1 is 0.935 bits per heavy atom. The Hall–Kier alpha value is -4.40. The lowest BCUT2D eigenvalue weighted by molar-refractivity contribution is 0.862. The molecule has 6 aromatic heterocycles. The van der Waals surface area contributed by atoms with Gasteiger partial charge in [0.15, 0.2) is 11.5 Å². The van der Waals surface area contributed by atoms with Crippen molar-refractivity contribution in [1.82, 2.24) is 44.7 Å². The van der Waals surface area contributed by atoms with Crippen LogP contribution in [0, 0.1) is 6.92 Å². The lowest BCUT2D eigenvalue weighted by Crippen LogP contribution is -1.95. The summed E-state index contributed by atoms with van der Waals surface area (Å²) in [7, 11) is 1.98. The third-order valence-corrected chi connectivity index (χ3v) is 5.48. The van der Waals surface area contributed by atoms with Gasteiger partial charge in [-0.25, -0.2) is 15.0 Å². The molecule has 6 aromatic rings. The first kappa shape index (κ1) is 17.5. The van der Waals surface area contributed by atoms with Crippen molar-refractivity contribution in [2.75, 3.05) is 0 Å². The first-order valence-corrected chi connectivity index (χ1v) is 9.78. The molecule has 6 rings (SSSR count). The topological polar surface area (TPSA) is 114 Å². The fourth-order valence-corrected chi connectivity index (χ4v) is 3.73. The number of imidazole rings is 2. The second kappa shape index (κ2) is 6.56. The number of H-pyrrole nitrogens is 2. The molecule has 0 aliphatic carbocycles. The van der Waals surface area contributed by atoms with Crippen molar-refractivity contribution in [3.63, 3.8) is 0 Å². The van der Waals surface area contributed by atoms with E-state index in [-0.39, 0.29) is 0 Å². The van der Waals surface area contributed by atoms with E-state index >= 15 is 0 Å². The summed E-state index contributed by atoms with van der Waals surface area (Å²) >= 11 is 0. The van der Waals surface area contributed by atoms with Gasteiger partial charge in [-0.05, 0) is 31.2 Å². The largest absolute Gasteiger partial charge is 0.330 e. The van der Waals surface area contributed by atoms with Crippen LogP contribution in [-0.2, 0) is 7.05 Å². The number of aryl methyl sites for hydroxylation is 1. The second-order valence-corrected chi connectivity index (χ2v) is 7.29. The summed E-state index contributed by atoms with van der Waals surface area (Å²) in [6.07, 6.45) is 7.13. The van der Waals surface area contributed by atoms with Gasteiger partial charge in [-0.15, -0.1) is 0 Å². The molecule has 0 aromatic carbocycles. The van der Waals surface area contributed by atoms with Crippen molar-refractivity contribution in [1.29, 1.82) is 0 Å². The Morgan fingerprint density at radius 3 is 2.68 bits per heavy atom. The molecular weight excluding hydrogens is 390 g/mol. The molecule has 150 valence electrons. The molecule has 0 fully saturated rings. The molecule has 0 saturated heterocycles. The van der Waals surface area contributed by atoms with E-state index in [1.807, 2.05) is 55.1 Å². The molecule has 0 amide bonds. The fraction of sp³-hybridized carbons (Fsp3) is 0.0909. The summed E-state index contributed by atoms with van der Waals surface area (Å²) in [6, 6.07) is 9.73. The normalized spacial score (nSPS) is 11.5. The highest BCUT2D eigenvalue weighted by atomic mass is 15.1. The maximum atomic E-state index is 4.83. The number of pyridine rings is 3. The lowest BCUT2D eigenvalue weighted by atomic mass is 10.1. The number of hydrogen-bond acceptors (Lipinski definition) is 6. The average molecular weight is 407 g/mol. The molecule has 0 bridgehead atoms. The molecule has 0 radical (unpaired) electrons. The molecule has 2 N–H and O–H groups in total. The highest BCUT2D eigenvalue weighted by molar-refractivity contribution is 5.96. The first-order chi connectivity index (χ1) is 15.2. The number of nitrogens with zero attached hydrogens (tertiary/aromatic N) is 7. The van der Waals surface area contributed by atoms with Crippen LogP contribution in [0.4, 0.5) is 0 Å². The number of fused-ring (bicyclic) bond motifs is 2. The Bertz CT molecular complexity index is 1560. The minimum Gasteiger partial charge on any atom is -0.330 e. The van der Waals surface area contributed by atoms with E-state index in [1.165, 1.54) is 0 Å². The van der Waals surface area contributed by atoms with Gasteiger partial charge in [-0.3, -0.25) is 15.1 Å². The number of aromatic nitrogens is 9. The van der Waals surface area contributed by atoms with Gasteiger partial charge in [0.05, 0.1) is 35.0 Å². The smallest absolute Gasteiger partial charge is 0.160 e. The molecule has 6 heterocycles. The van der Waals surface area contributed by atoms with E-state index in [4.69, 9.17) is 4.98 Å². The summed E-state index contributed by atoms with van der Waals surface area (Å²) in [4.78, 5) is 26.0. The van der Waals surface area contributed by atoms with Crippen molar-refractivity contribution in [3.8, 4) is 34.2 Å². The predicted molar refractivity (Wildman–Crippen MR) is 117 cm³/mol. The molecule has 9 nitrogen and oxygen atoms in total. The third kappa shape index (κ3) is 2.71. The summed E-state index contributed by atoms with van der Waals surface area (Å²) in [5.74, 6) is 1.56. The molecule has 0 spiro atoms. The Labute approximate surface area is 176 Å². The van der Waals surface area contributed by atoms with E-state index in [0.717, 1.165) is 44.9 Å². The van der Waals surface area contributed by atoms with Gasteiger partial charge in [0, 0.05) is 30.4 Å². The Kier molecular flexibility index (Phi) is 3.69. The molecule has 31 heavy (non-hydrogen) atoms. The van der Waals surface area contributed by atoms with Crippen molar-refractivity contribution in [3.05, 3.63) is 60.9 Å². The molecule has 0 atom stereocenters. The van der Waals surface area contributed by atoms with Gasteiger partial charge in [-0.1, -0.05) is 6.07 Å². The van der Waals surface area contributed by atoms with Crippen LogP contribution >= 0.6 is 0 Å². The van der Waals surface area contributed by atoms with Crippen molar-refractivity contribution in [2.24, 2.45) is 7.05 Å². The first-order valence-electron chi connectivity index (χ1n) is 9.78. The molecule has 9 heteroatoms. The SMILES string of the molecule is Cc1ncc(-c2cc3c(-c4nc5c(-c6ccccn6)ccnc5[nH]4)n[nH]c3cn2)n1C. The zero-order valence-electron chi connectivity index (χ0n) is 16.8. The van der Waals surface area contributed by atoms with Crippen molar-refractivity contribution >= 4 is 22.1 Å². The molecule has 0 saturated carbocycles. The quantitative estimate of drug-likeness (QED) is 0.463. The van der Waals surface area contributed by atoms with Crippen LogP contribution in [-0.4, -0.2) is 44.7 Å². The minimum absolute atomic E-state index is 0.635. The third-order valence-electron chi connectivity index (χ3n) is 5.48. The van der Waals surface area contributed by atoms with Gasteiger partial charge in [0.2, 0.25) is 0 Å². The number of hydrogen-bond donors (Lipinski definition) is 2. The van der Waals surface area contributed by atoms with Gasteiger partial charge >= 0.3 is 0 Å². The Morgan fingerprint density at radius 2 is 1.87 bits per heavy atom. The highest BCUT2D eigenvalue weighted by Gasteiger charge is 2.17. The van der Waals surface area contributed by atoms with Gasteiger partial charge in [0.25, 0.3) is 0 Å². The fourth-order valence-electron chi connectivity index (χ4n) is 3.73. The molecule has 0 aliphatic heterocycles. The summed E-state index contributed by atoms with van der Waals surface area (Å²) in [5.41, 5.74) is 6.50. The number of nitrogens with one attached hydrogen (secondary N) is 2. The van der Waals surface area contributed by atoms with Crippen LogP contribution < -0.4 is 0 Å². The van der Waals surface area contributed by atoms with Crippen LogP contribution in [0.1, 0.15) is 5.82 Å². The Balaban J connectivity index is 1.52. The zero-order chi connectivity index (χ0) is 20.9. The maximum Gasteiger partial charge on any atom is 0.160 e. The van der Waals surface area contributed by atoms with E-state index in [1.54, 1.807) is 18.6 Å². The van der Waals surface area contributed by atoms with Gasteiger partial charge in [0.1, 0.15) is 17.0 Å². The molecule has 0 unspecified atom stereocenters. The monoisotopic (exact) mass is 407 g/mol. The van der Waals surface area contributed by atoms with Crippen LogP contribution in [0.25, 0.3) is 56.2 Å². The van der Waals surface area contributed by atoms with Crippen molar-refractivity contribution < 1.29 is 0 Å². The summed E-state index contributed by atoms with van der Waals surface area (Å²) in [6.45, 7) is 1.96. The van der Waals surface area contributed by atoms with Crippen LogP contribution in [0.5, 0.6) is 0 Å². The zero-order valence-corrected chi connectivity index (χ0v) is 16.8. The van der Waals surface area contributed by atoms with E-state index in [2.05, 4.69) is 35.1 Å². The van der Waals surface area contributed by atoms with E-state index in [9.17, 15) is 0 Å². The van der Waals surface area contributed by atoms with Crippen molar-refractivity contribution in [2.45, 2.75) is 6.92 Å². The standard InChI is InChI=1S/C22H17N9/c1-12-25-11-18(31(12)2)16-9-14-17(10-26-16)29-30-20(14)22-27-19-13(6-8-24-21(19)28-22)15-5-3-4-7-23-15/h3-11H,1-2H3,(H,29,30)(H,24,27,28). The van der Waals surface area contributed by atoms with Crippen LogP contribution in [0.2, 0.25) is 0 Å². The molecular formula is C22H17N9. The predicted octanol–water partition coefficient (Wildman–Crippen LogP) is 3.67. The van der Waals surface area contributed by atoms with Crippen LogP contribution in [0.15, 0.2) is 55.1 Å². The summed E-state index contributed by atoms with van der Waals surface area (Å²) in [5, 5.41) is 8.47. The number of rotatable bonds is 3. The summed E-state index contributed by atoms with van der Waals surface area (Å²) < 4.78 is 2.01. The minimum atomic E-state index is 0.635. The lowest BCUT2D eigenvalue weighted by Gasteiger charge is -2.03. The van der Waals surface area contributed by atoms with E-state index < -0.39 is 0 Å². The maximum absolute atomic E-state index is 4.83. The van der Waals surface area contributed by atoms with Gasteiger partial charge < -0.3 is 9.55 Å². The van der Waals surface area contributed by atoms with Crippen LogP contribution in [0.3, 0.4) is 0 Å².